The van der Waals surface area contributed by atoms with E-state index in [1.165, 1.54) is 4.90 Å². The van der Waals surface area contributed by atoms with Gasteiger partial charge in [0.05, 0.1) is 23.1 Å². The minimum absolute atomic E-state index is 0.285. The lowest BCUT2D eigenvalue weighted by atomic mass is 10.1. The molecule has 0 N–H and O–H groups in total. The molecule has 0 unspecified atom stereocenters. The van der Waals surface area contributed by atoms with Gasteiger partial charge in [-0.15, -0.1) is 0 Å². The van der Waals surface area contributed by atoms with Crippen LogP contribution in [-0.2, 0) is 14.6 Å². The van der Waals surface area contributed by atoms with Crippen molar-refractivity contribution in [2.45, 2.75) is 19.1 Å². The van der Waals surface area contributed by atoms with Crippen LogP contribution in [0.5, 0.6) is 0 Å². The van der Waals surface area contributed by atoms with Gasteiger partial charge in [0.2, 0.25) is 0 Å². The molecule has 4 rings (SSSR count). The molecule has 1 heterocycles. The number of sulfone groups is 1. The van der Waals surface area contributed by atoms with Gasteiger partial charge in [-0.1, -0.05) is 48.5 Å². The molecule has 2 atom stereocenters. The smallest absolute Gasteiger partial charge is 0.338 e. The first kappa shape index (κ1) is 21.8. The second-order valence-corrected chi connectivity index (χ2v) is 9.99. The van der Waals surface area contributed by atoms with Gasteiger partial charge in [0.15, 0.2) is 9.84 Å². The molecule has 1 fully saturated rings. The molecular weight excluding hydrogens is 426 g/mol. The number of rotatable bonds is 5. The summed E-state index contributed by atoms with van der Waals surface area (Å²) in [7, 11) is -3.52. The molecule has 0 aromatic heterocycles. The third-order valence-corrected chi connectivity index (χ3v) is 7.08. The van der Waals surface area contributed by atoms with Gasteiger partial charge < -0.3 is 9.64 Å². The van der Waals surface area contributed by atoms with Crippen LogP contribution in [0.25, 0.3) is 0 Å². The van der Waals surface area contributed by atoms with Gasteiger partial charge >= 0.3 is 5.97 Å². The number of carbonyl (C=O) groups excluding carboxylic acids is 2. The Bertz CT molecular complexity index is 1230. The molecule has 3 aromatic carbocycles. The molecule has 0 spiro atoms. The maximum absolute atomic E-state index is 13.5. The highest BCUT2D eigenvalue weighted by Gasteiger charge is 2.46. The summed E-state index contributed by atoms with van der Waals surface area (Å²) in [5.41, 5.74) is 2.23. The van der Waals surface area contributed by atoms with Crippen LogP contribution in [0, 0.1) is 6.92 Å². The first-order chi connectivity index (χ1) is 15.3. The number of hydrogen-bond donors (Lipinski definition) is 0. The van der Waals surface area contributed by atoms with Gasteiger partial charge in [0.1, 0.15) is 6.10 Å². The summed E-state index contributed by atoms with van der Waals surface area (Å²) in [4.78, 5) is 27.7. The summed E-state index contributed by atoms with van der Waals surface area (Å²) in [5.74, 6) is -1.58. The molecule has 6 nitrogen and oxygen atoms in total. The fourth-order valence-electron chi connectivity index (χ4n) is 3.89. The average Bonchev–Trinajstić information content (AvgIpc) is 3.08. The molecule has 1 aliphatic heterocycles. The summed E-state index contributed by atoms with van der Waals surface area (Å²) in [5, 5.41) is 0. The lowest BCUT2D eigenvalue weighted by molar-refractivity contribution is 0.0314. The third kappa shape index (κ3) is 4.73. The largest absolute Gasteiger partial charge is 0.455 e. The number of amides is 1. The molecule has 7 heteroatoms. The van der Waals surface area contributed by atoms with E-state index in [4.69, 9.17) is 4.74 Å². The molecule has 0 radical (unpaired) electrons. The maximum atomic E-state index is 13.5. The number of carbonyl (C=O) groups is 2. The van der Waals surface area contributed by atoms with Crippen molar-refractivity contribution in [2.24, 2.45) is 0 Å². The molecule has 0 aliphatic carbocycles. The number of ether oxygens (including phenoxy) is 1. The standard InChI is InChI=1S/C25H23NO5S/c1-18-9-8-14-21(15-18)26(24(27)19-10-4-2-5-11-19)22-16-32(29,30)17-23(22)31-25(28)20-12-6-3-7-13-20/h2-15,22-23H,16-17H2,1H3/t22-,23+/m0/s1. The van der Waals surface area contributed by atoms with Gasteiger partial charge in [-0.05, 0) is 48.9 Å². The SMILES string of the molecule is Cc1cccc(N(C(=O)c2ccccc2)[C@H]2CS(=O)(=O)C[C@H]2OC(=O)c2ccccc2)c1. The predicted octanol–water partition coefficient (Wildman–Crippen LogP) is 3.66. The van der Waals surface area contributed by atoms with E-state index in [0.717, 1.165) is 5.56 Å². The number of anilines is 1. The fourth-order valence-corrected chi connectivity index (χ4v) is 5.70. The second kappa shape index (κ2) is 8.96. The van der Waals surface area contributed by atoms with E-state index in [1.54, 1.807) is 66.7 Å². The quantitative estimate of drug-likeness (QED) is 0.556. The van der Waals surface area contributed by atoms with E-state index in [9.17, 15) is 18.0 Å². The Kier molecular flexibility index (Phi) is 6.10. The van der Waals surface area contributed by atoms with Crippen LogP contribution in [0.15, 0.2) is 84.9 Å². The van der Waals surface area contributed by atoms with E-state index in [-0.39, 0.29) is 17.4 Å². The summed E-state index contributed by atoms with van der Waals surface area (Å²) in [6.45, 7) is 1.90. The Morgan fingerprint density at radius 3 is 2.09 bits per heavy atom. The summed E-state index contributed by atoms with van der Waals surface area (Å²) >= 11 is 0. The highest BCUT2D eigenvalue weighted by molar-refractivity contribution is 7.91. The van der Waals surface area contributed by atoms with Crippen LogP contribution >= 0.6 is 0 Å². The van der Waals surface area contributed by atoms with Crippen molar-refractivity contribution in [3.63, 3.8) is 0 Å². The molecule has 164 valence electrons. The highest BCUT2D eigenvalue weighted by atomic mass is 32.2. The topological polar surface area (TPSA) is 80.8 Å². The maximum Gasteiger partial charge on any atom is 0.338 e. The normalized spacial score (nSPS) is 19.3. The van der Waals surface area contributed by atoms with Crippen LogP contribution in [0.4, 0.5) is 5.69 Å². The minimum Gasteiger partial charge on any atom is -0.455 e. The summed E-state index contributed by atoms with van der Waals surface area (Å²) in [6, 6.07) is 23.5. The molecule has 32 heavy (non-hydrogen) atoms. The van der Waals surface area contributed by atoms with Crippen molar-refractivity contribution in [3.05, 3.63) is 102 Å². The second-order valence-electron chi connectivity index (χ2n) is 7.83. The first-order valence-corrected chi connectivity index (χ1v) is 12.1. The zero-order valence-electron chi connectivity index (χ0n) is 17.5. The Morgan fingerprint density at radius 2 is 1.47 bits per heavy atom. The molecule has 1 amide bonds. The van der Waals surface area contributed by atoms with Gasteiger partial charge in [-0.2, -0.15) is 0 Å². The monoisotopic (exact) mass is 449 g/mol. The van der Waals surface area contributed by atoms with Gasteiger partial charge in [-0.3, -0.25) is 4.79 Å². The van der Waals surface area contributed by atoms with Crippen molar-refractivity contribution < 1.29 is 22.7 Å². The van der Waals surface area contributed by atoms with E-state index >= 15 is 0 Å². The fraction of sp³-hybridized carbons (Fsp3) is 0.200. The summed E-state index contributed by atoms with van der Waals surface area (Å²) in [6.07, 6.45) is -0.985. The van der Waals surface area contributed by atoms with Crippen molar-refractivity contribution in [1.29, 1.82) is 0 Å². The molecule has 1 saturated heterocycles. The zero-order valence-corrected chi connectivity index (χ0v) is 18.4. The number of benzene rings is 3. The number of hydrogen-bond acceptors (Lipinski definition) is 5. The minimum atomic E-state index is -3.52. The molecule has 0 bridgehead atoms. The molecule has 1 aliphatic rings. The van der Waals surface area contributed by atoms with Crippen molar-refractivity contribution in [2.75, 3.05) is 16.4 Å². The molecule has 3 aromatic rings. The van der Waals surface area contributed by atoms with Crippen LogP contribution in [0.2, 0.25) is 0 Å². The molecular formula is C25H23NO5S. The van der Waals surface area contributed by atoms with Gasteiger partial charge in [0.25, 0.3) is 5.91 Å². The van der Waals surface area contributed by atoms with Crippen molar-refractivity contribution in [1.82, 2.24) is 0 Å². The van der Waals surface area contributed by atoms with Gasteiger partial charge in [0, 0.05) is 11.3 Å². The molecule has 0 saturated carbocycles. The third-order valence-electron chi connectivity index (χ3n) is 5.39. The van der Waals surface area contributed by atoms with Crippen LogP contribution in [0.3, 0.4) is 0 Å². The van der Waals surface area contributed by atoms with E-state index in [0.29, 0.717) is 16.8 Å². The average molecular weight is 450 g/mol. The lowest BCUT2D eigenvalue weighted by Crippen LogP contribution is -2.48. The van der Waals surface area contributed by atoms with Crippen LogP contribution < -0.4 is 4.90 Å². The predicted molar refractivity (Wildman–Crippen MR) is 123 cm³/mol. The van der Waals surface area contributed by atoms with E-state index < -0.39 is 28.0 Å². The Morgan fingerprint density at radius 1 is 0.844 bits per heavy atom. The number of esters is 1. The van der Waals surface area contributed by atoms with Gasteiger partial charge in [-0.25, -0.2) is 13.2 Å². The Hall–Kier alpha value is -3.45. The lowest BCUT2D eigenvalue weighted by Gasteiger charge is -2.32. The Labute approximate surface area is 187 Å². The summed E-state index contributed by atoms with van der Waals surface area (Å²) < 4.78 is 30.9. The highest BCUT2D eigenvalue weighted by Crippen LogP contribution is 2.29. The van der Waals surface area contributed by atoms with Crippen molar-refractivity contribution in [3.8, 4) is 0 Å². The van der Waals surface area contributed by atoms with Crippen LogP contribution in [-0.4, -0.2) is 43.9 Å². The van der Waals surface area contributed by atoms with Crippen LogP contribution in [0.1, 0.15) is 26.3 Å². The number of nitrogens with zero attached hydrogens (tertiary/aromatic N) is 1. The van der Waals surface area contributed by atoms with E-state index in [2.05, 4.69) is 0 Å². The van der Waals surface area contributed by atoms with Crippen molar-refractivity contribution >= 4 is 27.4 Å². The zero-order chi connectivity index (χ0) is 22.7. The number of aryl methyl sites for hydroxylation is 1. The van der Waals surface area contributed by atoms with E-state index in [1.807, 2.05) is 25.1 Å². The Balaban J connectivity index is 1.73. The first-order valence-electron chi connectivity index (χ1n) is 10.3.